The minimum Gasteiger partial charge on any atom is -0.369 e. The van der Waals surface area contributed by atoms with Crippen molar-refractivity contribution in [3.8, 4) is 11.3 Å². The Morgan fingerprint density at radius 2 is 1.77 bits per heavy atom. The van der Waals surface area contributed by atoms with Crippen molar-refractivity contribution in [3.63, 3.8) is 0 Å². The molecule has 1 fully saturated rings. The first-order chi connectivity index (χ1) is 14.3. The topological polar surface area (TPSA) is 88.0 Å². The molecule has 0 spiro atoms. The zero-order valence-electron chi connectivity index (χ0n) is 16.0. The van der Waals surface area contributed by atoms with Crippen LogP contribution in [0.25, 0.3) is 22.2 Å². The Bertz CT molecular complexity index is 1120. The fourth-order valence-corrected chi connectivity index (χ4v) is 4.13. The van der Waals surface area contributed by atoms with E-state index in [0.717, 1.165) is 11.6 Å². The standard InChI is InChI=1S/C22H20F3N3O2/c23-14-3-1-12(2-4-14)21-20(16-7-15(24)8-17(25)22(16)28-21)13-5-11(6-13)10-27-19(30)9-18(26)29/h1-4,7-8,11,13,28H,5-6,9-10H2,(H2,26,29)(H,27,30)/t11-,13-. The predicted octanol–water partition coefficient (Wildman–Crippen LogP) is 3.74. The molecule has 30 heavy (non-hydrogen) atoms. The first kappa shape index (κ1) is 20.0. The Morgan fingerprint density at radius 3 is 2.43 bits per heavy atom. The van der Waals surface area contributed by atoms with E-state index in [1.807, 2.05) is 0 Å². The molecular formula is C22H20F3N3O2. The molecule has 1 aliphatic rings. The van der Waals surface area contributed by atoms with Gasteiger partial charge in [-0.05, 0) is 66.1 Å². The molecule has 0 unspecified atom stereocenters. The van der Waals surface area contributed by atoms with Gasteiger partial charge in [0.25, 0.3) is 0 Å². The van der Waals surface area contributed by atoms with Gasteiger partial charge in [0.1, 0.15) is 23.9 Å². The summed E-state index contributed by atoms with van der Waals surface area (Å²) in [7, 11) is 0. The fourth-order valence-electron chi connectivity index (χ4n) is 4.13. The lowest BCUT2D eigenvalue weighted by molar-refractivity contribution is -0.127. The second-order valence-corrected chi connectivity index (χ2v) is 7.71. The van der Waals surface area contributed by atoms with E-state index in [4.69, 9.17) is 5.73 Å². The summed E-state index contributed by atoms with van der Waals surface area (Å²) in [5.74, 6) is -2.65. The third-order valence-corrected chi connectivity index (χ3v) is 5.56. The minimum atomic E-state index is -0.689. The van der Waals surface area contributed by atoms with Crippen LogP contribution in [0.4, 0.5) is 13.2 Å². The average Bonchev–Trinajstić information content (AvgIpc) is 3.00. The molecule has 8 heteroatoms. The molecular weight excluding hydrogens is 395 g/mol. The maximum absolute atomic E-state index is 14.4. The summed E-state index contributed by atoms with van der Waals surface area (Å²) in [6.45, 7) is 0.402. The summed E-state index contributed by atoms with van der Waals surface area (Å²) in [5, 5.41) is 3.15. The summed E-state index contributed by atoms with van der Waals surface area (Å²) in [4.78, 5) is 25.4. The van der Waals surface area contributed by atoms with E-state index >= 15 is 0 Å². The van der Waals surface area contributed by atoms with E-state index in [0.29, 0.717) is 36.0 Å². The summed E-state index contributed by atoms with van der Waals surface area (Å²) >= 11 is 0. The Labute approximate surface area is 170 Å². The molecule has 3 aromatic rings. The van der Waals surface area contributed by atoms with Gasteiger partial charge in [-0.1, -0.05) is 0 Å². The molecule has 0 saturated heterocycles. The number of carbonyl (C=O) groups is 2. The van der Waals surface area contributed by atoms with Crippen LogP contribution in [0.5, 0.6) is 0 Å². The number of hydrogen-bond donors (Lipinski definition) is 3. The normalized spacial score (nSPS) is 18.2. The number of halogens is 3. The van der Waals surface area contributed by atoms with Gasteiger partial charge in [-0.15, -0.1) is 0 Å². The lowest BCUT2D eigenvalue weighted by atomic mass is 9.70. The Hall–Kier alpha value is -3.29. The van der Waals surface area contributed by atoms with Gasteiger partial charge in [-0.25, -0.2) is 13.2 Å². The SMILES string of the molecule is NC(=O)CC(=O)NC[C@H]1C[C@H](c2c(-c3ccc(F)cc3)[nH]c3c(F)cc(F)cc32)C1. The number of H-pyrrole nitrogens is 1. The third kappa shape index (κ3) is 3.90. The number of fused-ring (bicyclic) bond motifs is 1. The number of nitrogens with one attached hydrogen (secondary N) is 2. The van der Waals surface area contributed by atoms with Crippen LogP contribution in [0.2, 0.25) is 0 Å². The highest BCUT2D eigenvalue weighted by Gasteiger charge is 2.34. The van der Waals surface area contributed by atoms with Gasteiger partial charge < -0.3 is 16.0 Å². The van der Waals surface area contributed by atoms with Crippen LogP contribution in [0.1, 0.15) is 30.7 Å². The van der Waals surface area contributed by atoms with Gasteiger partial charge in [-0.3, -0.25) is 9.59 Å². The lowest BCUT2D eigenvalue weighted by Crippen LogP contribution is -2.36. The van der Waals surface area contributed by atoms with Crippen LogP contribution in [0, 0.1) is 23.4 Å². The number of amides is 2. The monoisotopic (exact) mass is 415 g/mol. The molecule has 2 aromatic carbocycles. The van der Waals surface area contributed by atoms with Gasteiger partial charge >= 0.3 is 0 Å². The minimum absolute atomic E-state index is 0.0260. The molecule has 5 nitrogen and oxygen atoms in total. The second-order valence-electron chi connectivity index (χ2n) is 7.71. The molecule has 1 aromatic heterocycles. The van der Waals surface area contributed by atoms with Crippen molar-refractivity contribution in [2.75, 3.05) is 6.54 Å². The van der Waals surface area contributed by atoms with Crippen LogP contribution >= 0.6 is 0 Å². The van der Waals surface area contributed by atoms with E-state index < -0.39 is 23.4 Å². The Balaban J connectivity index is 1.60. The number of primary amides is 1. The number of rotatable bonds is 6. The predicted molar refractivity (Wildman–Crippen MR) is 106 cm³/mol. The zero-order valence-corrected chi connectivity index (χ0v) is 16.0. The maximum atomic E-state index is 14.4. The summed E-state index contributed by atoms with van der Waals surface area (Å²) in [6.07, 6.45) is 1.05. The number of benzene rings is 2. The van der Waals surface area contributed by atoms with Gasteiger partial charge in [-0.2, -0.15) is 0 Å². The molecule has 4 rings (SSSR count). The quantitative estimate of drug-likeness (QED) is 0.536. The number of carbonyl (C=O) groups excluding carboxylic acids is 2. The number of hydrogen-bond acceptors (Lipinski definition) is 2. The zero-order chi connectivity index (χ0) is 21.4. The highest BCUT2D eigenvalue weighted by Crippen LogP contribution is 2.48. The summed E-state index contributed by atoms with van der Waals surface area (Å²) in [6, 6.07) is 7.96. The fraction of sp³-hybridized carbons (Fsp3) is 0.273. The Kier molecular flexibility index (Phi) is 5.24. The van der Waals surface area contributed by atoms with Gasteiger partial charge in [0.15, 0.2) is 0 Å². The maximum Gasteiger partial charge on any atom is 0.229 e. The molecule has 0 atom stereocenters. The molecule has 156 valence electrons. The molecule has 1 aliphatic carbocycles. The largest absolute Gasteiger partial charge is 0.369 e. The van der Waals surface area contributed by atoms with Crippen LogP contribution in [0.15, 0.2) is 36.4 Å². The van der Waals surface area contributed by atoms with E-state index in [-0.39, 0.29) is 29.6 Å². The second kappa shape index (κ2) is 7.85. The molecule has 1 heterocycles. The highest BCUT2D eigenvalue weighted by molar-refractivity contribution is 5.96. The molecule has 2 amide bonds. The first-order valence-electron chi connectivity index (χ1n) is 9.63. The smallest absolute Gasteiger partial charge is 0.229 e. The van der Waals surface area contributed by atoms with Gasteiger partial charge in [0.05, 0.1) is 11.2 Å². The van der Waals surface area contributed by atoms with Crippen molar-refractivity contribution < 1.29 is 22.8 Å². The summed E-state index contributed by atoms with van der Waals surface area (Å²) < 4.78 is 41.7. The lowest BCUT2D eigenvalue weighted by Gasteiger charge is -2.36. The van der Waals surface area contributed by atoms with Crippen molar-refractivity contribution in [3.05, 3.63) is 59.4 Å². The average molecular weight is 415 g/mol. The van der Waals surface area contributed by atoms with Crippen LogP contribution < -0.4 is 11.1 Å². The van der Waals surface area contributed by atoms with Crippen molar-refractivity contribution in [1.29, 1.82) is 0 Å². The van der Waals surface area contributed by atoms with Crippen molar-refractivity contribution in [2.45, 2.75) is 25.2 Å². The highest BCUT2D eigenvalue weighted by atomic mass is 19.1. The van der Waals surface area contributed by atoms with Crippen molar-refractivity contribution in [1.82, 2.24) is 10.3 Å². The number of aromatic nitrogens is 1. The van der Waals surface area contributed by atoms with Crippen molar-refractivity contribution >= 4 is 22.7 Å². The third-order valence-electron chi connectivity index (χ3n) is 5.56. The number of aromatic amines is 1. The van der Waals surface area contributed by atoms with Crippen LogP contribution in [-0.2, 0) is 9.59 Å². The van der Waals surface area contributed by atoms with E-state index in [2.05, 4.69) is 10.3 Å². The van der Waals surface area contributed by atoms with Gasteiger partial charge in [0.2, 0.25) is 11.8 Å². The van der Waals surface area contributed by atoms with Crippen LogP contribution in [0.3, 0.4) is 0 Å². The van der Waals surface area contributed by atoms with E-state index in [9.17, 15) is 22.8 Å². The summed E-state index contributed by atoms with van der Waals surface area (Å²) in [5.41, 5.74) is 7.32. The van der Waals surface area contributed by atoms with E-state index in [1.54, 1.807) is 12.1 Å². The van der Waals surface area contributed by atoms with Gasteiger partial charge in [0, 0.05) is 18.0 Å². The molecule has 0 radical (unpaired) electrons. The van der Waals surface area contributed by atoms with Crippen molar-refractivity contribution in [2.24, 2.45) is 11.7 Å². The number of nitrogens with two attached hydrogens (primary N) is 1. The molecule has 4 N–H and O–H groups in total. The van der Waals surface area contributed by atoms with E-state index in [1.165, 1.54) is 18.2 Å². The van der Waals surface area contributed by atoms with Crippen LogP contribution in [-0.4, -0.2) is 23.3 Å². The first-order valence-corrected chi connectivity index (χ1v) is 9.63. The molecule has 0 aliphatic heterocycles. The Morgan fingerprint density at radius 1 is 1.07 bits per heavy atom. The molecule has 0 bridgehead atoms. The molecule has 1 saturated carbocycles.